The minimum Gasteiger partial charge on any atom is -0.299 e. The molecule has 3 heteroatoms. The summed E-state index contributed by atoms with van der Waals surface area (Å²) in [7, 11) is 0. The van der Waals surface area contributed by atoms with Gasteiger partial charge in [0, 0.05) is 6.42 Å². The fourth-order valence-electron chi connectivity index (χ4n) is 0.783. The minimum absolute atomic E-state index is 0.00463. The standard InChI is InChI=1S/C6H10O3/c1-2-6(7)5-3-8-9-4-5/h5H,2-4H2,1H3. The van der Waals surface area contributed by atoms with E-state index in [2.05, 4.69) is 9.78 Å². The van der Waals surface area contributed by atoms with Gasteiger partial charge in [-0.2, -0.15) is 0 Å². The van der Waals surface area contributed by atoms with Gasteiger partial charge in [0.1, 0.15) is 5.78 Å². The van der Waals surface area contributed by atoms with Gasteiger partial charge in [-0.1, -0.05) is 6.92 Å². The van der Waals surface area contributed by atoms with Crippen molar-refractivity contribution in [3.8, 4) is 0 Å². The molecule has 3 nitrogen and oxygen atoms in total. The fourth-order valence-corrected chi connectivity index (χ4v) is 0.783. The van der Waals surface area contributed by atoms with E-state index in [4.69, 9.17) is 0 Å². The molecule has 0 aromatic rings. The fraction of sp³-hybridized carbons (Fsp3) is 0.833. The summed E-state index contributed by atoms with van der Waals surface area (Å²) in [6, 6.07) is 0. The summed E-state index contributed by atoms with van der Waals surface area (Å²) >= 11 is 0. The normalized spacial score (nSPS) is 20.6. The average Bonchev–Trinajstić information content (AvgIpc) is 2.37. The van der Waals surface area contributed by atoms with Gasteiger partial charge in [0.15, 0.2) is 0 Å². The van der Waals surface area contributed by atoms with Gasteiger partial charge in [-0.3, -0.25) is 4.79 Å². The third-order valence-corrected chi connectivity index (χ3v) is 1.43. The number of hydrogen-bond donors (Lipinski definition) is 0. The number of hydrogen-bond acceptors (Lipinski definition) is 3. The summed E-state index contributed by atoms with van der Waals surface area (Å²) < 4.78 is 0. The lowest BCUT2D eigenvalue weighted by Gasteiger charge is -1.98. The second-order valence-corrected chi connectivity index (χ2v) is 2.09. The maximum absolute atomic E-state index is 10.9. The minimum atomic E-state index is -0.00463. The van der Waals surface area contributed by atoms with Gasteiger partial charge in [0.25, 0.3) is 0 Å². The van der Waals surface area contributed by atoms with Crippen molar-refractivity contribution in [3.05, 3.63) is 0 Å². The predicted octanol–water partition coefficient (Wildman–Crippen LogP) is 0.543. The van der Waals surface area contributed by atoms with Crippen LogP contribution in [0.1, 0.15) is 13.3 Å². The third-order valence-electron chi connectivity index (χ3n) is 1.43. The maximum Gasteiger partial charge on any atom is 0.140 e. The van der Waals surface area contributed by atoms with E-state index in [9.17, 15) is 4.79 Å². The van der Waals surface area contributed by atoms with Gasteiger partial charge in [-0.05, 0) is 0 Å². The first-order valence-corrected chi connectivity index (χ1v) is 3.11. The highest BCUT2D eigenvalue weighted by molar-refractivity contribution is 5.81. The molecule has 1 aliphatic heterocycles. The van der Waals surface area contributed by atoms with Gasteiger partial charge in [-0.25, -0.2) is 9.78 Å². The van der Waals surface area contributed by atoms with Crippen LogP contribution < -0.4 is 0 Å². The number of carbonyl (C=O) groups excluding carboxylic acids is 1. The van der Waals surface area contributed by atoms with Crippen molar-refractivity contribution < 1.29 is 14.6 Å². The van der Waals surface area contributed by atoms with E-state index in [0.717, 1.165) is 0 Å². The molecule has 1 heterocycles. The van der Waals surface area contributed by atoms with Crippen molar-refractivity contribution in [2.75, 3.05) is 13.2 Å². The zero-order chi connectivity index (χ0) is 6.69. The summed E-state index contributed by atoms with van der Waals surface area (Å²) in [5, 5.41) is 0. The van der Waals surface area contributed by atoms with Crippen molar-refractivity contribution in [1.29, 1.82) is 0 Å². The molecule has 0 atom stereocenters. The Balaban J connectivity index is 2.32. The lowest BCUT2D eigenvalue weighted by Crippen LogP contribution is -2.15. The molecular formula is C6H10O3. The maximum atomic E-state index is 10.9. The van der Waals surface area contributed by atoms with E-state index < -0.39 is 0 Å². The molecule has 0 radical (unpaired) electrons. The van der Waals surface area contributed by atoms with Crippen LogP contribution in [0.5, 0.6) is 0 Å². The SMILES string of the molecule is CCC(=O)C1COOC1. The second kappa shape index (κ2) is 2.94. The summed E-state index contributed by atoms with van der Waals surface area (Å²) in [6.07, 6.45) is 0.581. The Morgan fingerprint density at radius 1 is 1.56 bits per heavy atom. The van der Waals surface area contributed by atoms with Gasteiger partial charge < -0.3 is 0 Å². The molecule has 0 N–H and O–H groups in total. The van der Waals surface area contributed by atoms with Crippen LogP contribution in [-0.4, -0.2) is 19.0 Å². The number of ketones is 1. The van der Waals surface area contributed by atoms with Gasteiger partial charge in [-0.15, -0.1) is 0 Å². The Bertz CT molecular complexity index is 105. The van der Waals surface area contributed by atoms with Crippen molar-refractivity contribution in [3.63, 3.8) is 0 Å². The van der Waals surface area contributed by atoms with Crippen LogP contribution in [-0.2, 0) is 14.6 Å². The van der Waals surface area contributed by atoms with Crippen LogP contribution in [0.25, 0.3) is 0 Å². The summed E-state index contributed by atoms with van der Waals surface area (Å²) in [6.45, 7) is 2.72. The van der Waals surface area contributed by atoms with Crippen LogP contribution in [0.4, 0.5) is 0 Å². The highest BCUT2D eigenvalue weighted by Gasteiger charge is 2.22. The monoisotopic (exact) mass is 130 g/mol. The molecule has 0 unspecified atom stereocenters. The molecule has 1 saturated heterocycles. The van der Waals surface area contributed by atoms with Crippen LogP contribution in [0.3, 0.4) is 0 Å². The second-order valence-electron chi connectivity index (χ2n) is 2.09. The zero-order valence-corrected chi connectivity index (χ0v) is 5.42. The van der Waals surface area contributed by atoms with Crippen LogP contribution in [0, 0.1) is 5.92 Å². The van der Waals surface area contributed by atoms with Gasteiger partial charge >= 0.3 is 0 Å². The molecule has 52 valence electrons. The Labute approximate surface area is 53.9 Å². The quantitative estimate of drug-likeness (QED) is 0.512. The van der Waals surface area contributed by atoms with E-state index in [1.165, 1.54) is 0 Å². The first-order valence-electron chi connectivity index (χ1n) is 3.11. The summed E-state index contributed by atoms with van der Waals surface area (Å²) in [5.41, 5.74) is 0. The lowest BCUT2D eigenvalue weighted by atomic mass is 10.1. The molecule has 0 aromatic carbocycles. The van der Waals surface area contributed by atoms with E-state index in [1.54, 1.807) is 0 Å². The van der Waals surface area contributed by atoms with E-state index in [1.807, 2.05) is 6.92 Å². The van der Waals surface area contributed by atoms with E-state index in [-0.39, 0.29) is 11.7 Å². The molecule has 0 saturated carbocycles. The molecule has 0 bridgehead atoms. The Kier molecular flexibility index (Phi) is 2.19. The first-order chi connectivity index (χ1) is 4.34. The highest BCUT2D eigenvalue weighted by atomic mass is 17.2. The Morgan fingerprint density at radius 2 is 2.11 bits per heavy atom. The Hall–Kier alpha value is -0.410. The van der Waals surface area contributed by atoms with Crippen molar-refractivity contribution in [1.82, 2.24) is 0 Å². The molecule has 0 aromatic heterocycles. The number of carbonyl (C=O) groups is 1. The molecule has 1 rings (SSSR count). The van der Waals surface area contributed by atoms with E-state index >= 15 is 0 Å². The highest BCUT2D eigenvalue weighted by Crippen LogP contribution is 2.09. The lowest BCUT2D eigenvalue weighted by molar-refractivity contribution is -0.248. The molecule has 0 amide bonds. The predicted molar refractivity (Wildman–Crippen MR) is 30.7 cm³/mol. The molecule has 0 spiro atoms. The summed E-state index contributed by atoms with van der Waals surface area (Å²) in [5.74, 6) is 0.225. The molecule has 1 fully saturated rings. The van der Waals surface area contributed by atoms with E-state index in [0.29, 0.717) is 19.6 Å². The molecule has 9 heavy (non-hydrogen) atoms. The van der Waals surface area contributed by atoms with Crippen molar-refractivity contribution in [2.24, 2.45) is 5.92 Å². The Morgan fingerprint density at radius 3 is 2.56 bits per heavy atom. The third kappa shape index (κ3) is 1.50. The average molecular weight is 130 g/mol. The smallest absolute Gasteiger partial charge is 0.140 e. The molecule has 1 aliphatic rings. The number of rotatable bonds is 2. The first kappa shape index (κ1) is 6.71. The van der Waals surface area contributed by atoms with Gasteiger partial charge in [0.2, 0.25) is 0 Å². The largest absolute Gasteiger partial charge is 0.299 e. The van der Waals surface area contributed by atoms with Crippen molar-refractivity contribution >= 4 is 5.78 Å². The van der Waals surface area contributed by atoms with Crippen LogP contribution in [0.2, 0.25) is 0 Å². The summed E-state index contributed by atoms with van der Waals surface area (Å²) in [4.78, 5) is 20.0. The number of Topliss-reactive ketones (excluding diaryl/α,β-unsaturated/α-hetero) is 1. The molecular weight excluding hydrogens is 120 g/mol. The molecule has 0 aliphatic carbocycles. The van der Waals surface area contributed by atoms with Crippen LogP contribution >= 0.6 is 0 Å². The van der Waals surface area contributed by atoms with Crippen molar-refractivity contribution in [2.45, 2.75) is 13.3 Å². The zero-order valence-electron chi connectivity index (χ0n) is 5.42. The van der Waals surface area contributed by atoms with Crippen LogP contribution in [0.15, 0.2) is 0 Å². The topological polar surface area (TPSA) is 35.5 Å². The van der Waals surface area contributed by atoms with Gasteiger partial charge in [0.05, 0.1) is 19.1 Å².